The minimum Gasteiger partial charge on any atom is -0.396 e. The van der Waals surface area contributed by atoms with Crippen LogP contribution in [0.2, 0.25) is 0 Å². The summed E-state index contributed by atoms with van der Waals surface area (Å²) in [5.41, 5.74) is 1.80. The Bertz CT molecular complexity index is 654. The van der Waals surface area contributed by atoms with E-state index in [9.17, 15) is 4.79 Å². The van der Waals surface area contributed by atoms with E-state index in [1.54, 1.807) is 0 Å². The topological polar surface area (TPSA) is 58.4 Å². The molecular formula is C19H25N3O2. The van der Waals surface area contributed by atoms with E-state index in [2.05, 4.69) is 5.10 Å². The molecule has 24 heavy (non-hydrogen) atoms. The van der Waals surface area contributed by atoms with E-state index in [0.29, 0.717) is 12.3 Å². The highest BCUT2D eigenvalue weighted by Gasteiger charge is 2.21. The fourth-order valence-corrected chi connectivity index (χ4v) is 3.33. The van der Waals surface area contributed by atoms with Gasteiger partial charge in [0.25, 0.3) is 0 Å². The maximum atomic E-state index is 12.6. The van der Waals surface area contributed by atoms with Crippen LogP contribution in [0, 0.1) is 5.92 Å². The lowest BCUT2D eigenvalue weighted by Gasteiger charge is -2.20. The van der Waals surface area contributed by atoms with Crippen molar-refractivity contribution in [1.82, 2.24) is 14.7 Å². The van der Waals surface area contributed by atoms with Gasteiger partial charge in [-0.1, -0.05) is 18.2 Å². The first-order chi connectivity index (χ1) is 11.8. The molecule has 0 bridgehead atoms. The van der Waals surface area contributed by atoms with E-state index in [-0.39, 0.29) is 12.5 Å². The maximum absolute atomic E-state index is 12.6. The van der Waals surface area contributed by atoms with E-state index >= 15 is 0 Å². The van der Waals surface area contributed by atoms with Crippen molar-refractivity contribution in [3.05, 3.63) is 48.3 Å². The minimum atomic E-state index is 0.151. The molecule has 1 amide bonds. The number of likely N-dealkylation sites (tertiary alicyclic amines) is 1. The second-order valence-corrected chi connectivity index (χ2v) is 6.45. The third kappa shape index (κ3) is 4.23. The van der Waals surface area contributed by atoms with E-state index in [1.807, 2.05) is 52.2 Å². The number of hydrogen-bond acceptors (Lipinski definition) is 3. The number of aromatic nitrogens is 2. The highest BCUT2D eigenvalue weighted by Crippen LogP contribution is 2.20. The van der Waals surface area contributed by atoms with Gasteiger partial charge in [-0.25, -0.2) is 4.68 Å². The van der Waals surface area contributed by atoms with Crippen LogP contribution in [0.15, 0.2) is 42.6 Å². The number of carbonyl (C=O) groups excluding carboxylic acids is 1. The number of aliphatic hydroxyl groups is 1. The first-order valence-corrected chi connectivity index (χ1v) is 8.75. The fraction of sp³-hybridized carbons (Fsp3) is 0.474. The molecule has 1 aromatic heterocycles. The molecule has 0 spiro atoms. The van der Waals surface area contributed by atoms with Crippen LogP contribution in [-0.4, -0.2) is 45.4 Å². The van der Waals surface area contributed by atoms with Crippen molar-refractivity contribution in [1.29, 1.82) is 0 Å². The normalized spacial score (nSPS) is 18.4. The molecule has 2 aromatic rings. The van der Waals surface area contributed by atoms with Crippen LogP contribution in [0.3, 0.4) is 0 Å². The molecule has 1 aliphatic rings. The van der Waals surface area contributed by atoms with Crippen LogP contribution in [0.5, 0.6) is 0 Å². The van der Waals surface area contributed by atoms with Gasteiger partial charge in [0, 0.05) is 25.9 Å². The fourth-order valence-electron chi connectivity index (χ4n) is 3.33. The highest BCUT2D eigenvalue weighted by atomic mass is 16.3. The highest BCUT2D eigenvalue weighted by molar-refractivity contribution is 5.78. The van der Waals surface area contributed by atoms with Crippen molar-refractivity contribution in [3.63, 3.8) is 0 Å². The Labute approximate surface area is 142 Å². The molecule has 0 aliphatic carbocycles. The summed E-state index contributed by atoms with van der Waals surface area (Å²) in [6.07, 6.45) is 6.22. The number of para-hydroxylation sites is 1. The van der Waals surface area contributed by atoms with Crippen molar-refractivity contribution in [2.24, 2.45) is 5.92 Å². The van der Waals surface area contributed by atoms with Gasteiger partial charge in [-0.15, -0.1) is 0 Å². The van der Waals surface area contributed by atoms with Crippen molar-refractivity contribution < 1.29 is 9.90 Å². The van der Waals surface area contributed by atoms with E-state index in [4.69, 9.17) is 5.11 Å². The third-order valence-corrected chi connectivity index (χ3v) is 4.74. The quantitative estimate of drug-likeness (QED) is 0.917. The predicted molar refractivity (Wildman–Crippen MR) is 92.9 cm³/mol. The van der Waals surface area contributed by atoms with Gasteiger partial charge < -0.3 is 10.0 Å². The van der Waals surface area contributed by atoms with Crippen LogP contribution in [0.25, 0.3) is 5.69 Å². The molecule has 5 heteroatoms. The summed E-state index contributed by atoms with van der Waals surface area (Å²) < 4.78 is 1.81. The molecule has 1 unspecified atom stereocenters. The zero-order valence-electron chi connectivity index (χ0n) is 14.0. The van der Waals surface area contributed by atoms with Gasteiger partial charge in [0.05, 0.1) is 17.8 Å². The lowest BCUT2D eigenvalue weighted by molar-refractivity contribution is -0.130. The van der Waals surface area contributed by atoms with Crippen LogP contribution in [-0.2, 0) is 11.2 Å². The van der Waals surface area contributed by atoms with Crippen LogP contribution >= 0.6 is 0 Å². The summed E-state index contributed by atoms with van der Waals surface area (Å²) in [7, 11) is 0. The van der Waals surface area contributed by atoms with Gasteiger partial charge in [0.15, 0.2) is 0 Å². The minimum absolute atomic E-state index is 0.151. The van der Waals surface area contributed by atoms with Gasteiger partial charge in [-0.05, 0) is 49.8 Å². The Morgan fingerprint density at radius 2 is 2.00 bits per heavy atom. The van der Waals surface area contributed by atoms with Crippen molar-refractivity contribution in [2.75, 3.05) is 19.7 Å². The summed E-state index contributed by atoms with van der Waals surface area (Å²) in [6, 6.07) is 11.8. The molecule has 1 fully saturated rings. The van der Waals surface area contributed by atoms with Crippen molar-refractivity contribution >= 4 is 5.91 Å². The Morgan fingerprint density at radius 1 is 1.17 bits per heavy atom. The van der Waals surface area contributed by atoms with E-state index in [1.165, 1.54) is 0 Å². The van der Waals surface area contributed by atoms with Gasteiger partial charge in [0.1, 0.15) is 0 Å². The molecule has 1 N–H and O–H groups in total. The predicted octanol–water partition coefficient (Wildman–Crippen LogP) is 2.43. The summed E-state index contributed by atoms with van der Waals surface area (Å²) in [4.78, 5) is 14.5. The second kappa shape index (κ2) is 8.11. The summed E-state index contributed by atoms with van der Waals surface area (Å²) in [5, 5.41) is 13.6. The molecule has 1 saturated heterocycles. The van der Waals surface area contributed by atoms with Crippen molar-refractivity contribution in [2.45, 2.75) is 32.1 Å². The Kier molecular flexibility index (Phi) is 5.64. The zero-order valence-corrected chi connectivity index (χ0v) is 14.0. The Morgan fingerprint density at radius 3 is 2.79 bits per heavy atom. The number of hydrogen-bond donors (Lipinski definition) is 1. The first-order valence-electron chi connectivity index (χ1n) is 8.75. The van der Waals surface area contributed by atoms with E-state index < -0.39 is 0 Å². The standard InChI is InChI=1S/C19H25N3O2/c23-14-10-16-5-4-11-21(12-8-16)19(24)15-17-9-13-22(20-17)18-6-2-1-3-7-18/h1-3,6-7,9,13,16,23H,4-5,8,10-12,14-15H2. The molecule has 0 radical (unpaired) electrons. The summed E-state index contributed by atoms with van der Waals surface area (Å²) in [6.45, 7) is 1.86. The molecule has 128 valence electrons. The van der Waals surface area contributed by atoms with Crippen molar-refractivity contribution in [3.8, 4) is 5.69 Å². The average Bonchev–Trinajstić information content (AvgIpc) is 2.94. The van der Waals surface area contributed by atoms with Gasteiger partial charge in [-0.2, -0.15) is 5.10 Å². The molecule has 0 saturated carbocycles. The number of rotatable bonds is 5. The third-order valence-electron chi connectivity index (χ3n) is 4.74. The number of aliphatic hydroxyl groups excluding tert-OH is 1. The molecule has 2 heterocycles. The molecule has 5 nitrogen and oxygen atoms in total. The monoisotopic (exact) mass is 327 g/mol. The lowest BCUT2D eigenvalue weighted by atomic mass is 9.98. The molecule has 1 aromatic carbocycles. The summed E-state index contributed by atoms with van der Waals surface area (Å²) >= 11 is 0. The van der Waals surface area contributed by atoms with Crippen LogP contribution in [0.1, 0.15) is 31.4 Å². The number of carbonyl (C=O) groups is 1. The molecule has 1 atom stereocenters. The van der Waals surface area contributed by atoms with Gasteiger partial charge >= 0.3 is 0 Å². The zero-order chi connectivity index (χ0) is 16.8. The number of benzene rings is 1. The SMILES string of the molecule is O=C(Cc1ccn(-c2ccccc2)n1)N1CCCC(CCO)CC1. The maximum Gasteiger partial charge on any atom is 0.228 e. The largest absolute Gasteiger partial charge is 0.396 e. The average molecular weight is 327 g/mol. The molecule has 3 rings (SSSR count). The Hall–Kier alpha value is -2.14. The molecule has 1 aliphatic heterocycles. The smallest absolute Gasteiger partial charge is 0.228 e. The lowest BCUT2D eigenvalue weighted by Crippen LogP contribution is -2.33. The summed E-state index contributed by atoms with van der Waals surface area (Å²) in [5.74, 6) is 0.697. The van der Waals surface area contributed by atoms with Crippen LogP contribution in [0.4, 0.5) is 0 Å². The first kappa shape index (κ1) is 16.7. The number of nitrogens with zero attached hydrogens (tertiary/aromatic N) is 3. The number of amides is 1. The Balaban J connectivity index is 1.58. The van der Waals surface area contributed by atoms with Crippen LogP contribution < -0.4 is 0 Å². The van der Waals surface area contributed by atoms with Gasteiger partial charge in [0.2, 0.25) is 5.91 Å². The second-order valence-electron chi connectivity index (χ2n) is 6.45. The van der Waals surface area contributed by atoms with E-state index in [0.717, 1.165) is 50.2 Å². The molecular weight excluding hydrogens is 302 g/mol. The van der Waals surface area contributed by atoms with Gasteiger partial charge in [-0.3, -0.25) is 4.79 Å².